The monoisotopic (exact) mass is 479 g/mol. The molecule has 5 N–H and O–H groups in total. The number of nitrogen functional groups attached to an aromatic ring is 1. The first-order chi connectivity index (χ1) is 15.3. The number of pyridine rings is 1. The maximum Gasteiger partial charge on any atom is 0.260 e. The summed E-state index contributed by atoms with van der Waals surface area (Å²) in [7, 11) is 0. The lowest BCUT2D eigenvalue weighted by Gasteiger charge is -2.20. The van der Waals surface area contributed by atoms with Crippen LogP contribution in [0, 0.1) is 13.8 Å². The van der Waals surface area contributed by atoms with Gasteiger partial charge in [0, 0.05) is 33.6 Å². The zero-order valence-electron chi connectivity index (χ0n) is 17.6. The van der Waals surface area contributed by atoms with Crippen LogP contribution in [-0.4, -0.2) is 20.9 Å². The number of hydrogen-bond donors (Lipinski definition) is 3. The number of benzene rings is 1. The van der Waals surface area contributed by atoms with Crippen LogP contribution in [0.15, 0.2) is 35.7 Å². The molecule has 0 atom stereocenters. The summed E-state index contributed by atoms with van der Waals surface area (Å²) < 4.78 is 0. The van der Waals surface area contributed by atoms with E-state index in [4.69, 9.17) is 28.7 Å². The molecule has 5 rings (SSSR count). The topological polar surface area (TPSA) is 97.3 Å². The van der Waals surface area contributed by atoms with Gasteiger partial charge < -0.3 is 21.7 Å². The average molecular weight is 480 g/mol. The molecule has 0 bridgehead atoms. The number of anilines is 2. The van der Waals surface area contributed by atoms with E-state index in [-0.39, 0.29) is 0 Å². The van der Waals surface area contributed by atoms with Crippen LogP contribution in [0.4, 0.5) is 11.4 Å². The molecule has 1 aromatic carbocycles. The molecule has 1 aliphatic heterocycles. The Hall–Kier alpha value is -3.01. The van der Waals surface area contributed by atoms with Gasteiger partial charge in [0.1, 0.15) is 9.71 Å². The van der Waals surface area contributed by atoms with E-state index in [0.29, 0.717) is 28.8 Å². The molecule has 32 heavy (non-hydrogen) atoms. The van der Waals surface area contributed by atoms with E-state index in [1.807, 2.05) is 11.4 Å². The first-order valence-corrected chi connectivity index (χ1v) is 12.1. The highest BCUT2D eigenvalue weighted by Gasteiger charge is 2.30. The lowest BCUT2D eigenvalue weighted by atomic mass is 10.0. The van der Waals surface area contributed by atoms with Gasteiger partial charge in [0.05, 0.1) is 17.9 Å². The molecule has 4 aromatic rings. The van der Waals surface area contributed by atoms with Crippen LogP contribution in [0.1, 0.15) is 32.1 Å². The lowest BCUT2D eigenvalue weighted by molar-refractivity contribution is 0.100. The summed E-state index contributed by atoms with van der Waals surface area (Å²) in [5.74, 6) is -0.525. The maximum atomic E-state index is 11.9. The number of thiocarbonyl (C=S) groups is 1. The van der Waals surface area contributed by atoms with Crippen molar-refractivity contribution in [1.82, 2.24) is 9.88 Å². The second-order valence-corrected chi connectivity index (χ2v) is 10.3. The van der Waals surface area contributed by atoms with Gasteiger partial charge in [0.2, 0.25) is 0 Å². The molecule has 0 aliphatic carbocycles. The molecule has 0 spiro atoms. The quantitative estimate of drug-likeness (QED) is 0.356. The molecule has 6 nitrogen and oxygen atoms in total. The van der Waals surface area contributed by atoms with Crippen LogP contribution in [0.5, 0.6) is 0 Å². The molecule has 0 radical (unpaired) electrons. The number of aromatic nitrogens is 1. The number of aryl methyl sites for hydroxylation is 2. The van der Waals surface area contributed by atoms with Crippen LogP contribution in [0.2, 0.25) is 0 Å². The van der Waals surface area contributed by atoms with Crippen LogP contribution in [0.25, 0.3) is 20.7 Å². The first kappa shape index (κ1) is 20.9. The number of thiophene rings is 2. The minimum atomic E-state index is -0.525. The lowest BCUT2D eigenvalue weighted by Crippen LogP contribution is -2.30. The van der Waals surface area contributed by atoms with E-state index in [1.165, 1.54) is 22.5 Å². The van der Waals surface area contributed by atoms with E-state index in [2.05, 4.69) is 48.3 Å². The summed E-state index contributed by atoms with van der Waals surface area (Å²) in [6.07, 6.45) is 0. The highest BCUT2D eigenvalue weighted by molar-refractivity contribution is 7.80. The Kier molecular flexibility index (Phi) is 5.11. The van der Waals surface area contributed by atoms with Gasteiger partial charge in [-0.1, -0.05) is 12.1 Å². The zero-order chi connectivity index (χ0) is 22.6. The molecular formula is C23H21N5OS3. The highest BCUT2D eigenvalue weighted by Crippen LogP contribution is 2.45. The zero-order valence-corrected chi connectivity index (χ0v) is 20.0. The molecule has 9 heteroatoms. The molecular weight excluding hydrogens is 458 g/mol. The normalized spacial score (nSPS) is 12.9. The van der Waals surface area contributed by atoms with Crippen molar-refractivity contribution in [3.8, 4) is 10.4 Å². The molecule has 0 fully saturated rings. The van der Waals surface area contributed by atoms with Gasteiger partial charge in [-0.25, -0.2) is 4.98 Å². The summed E-state index contributed by atoms with van der Waals surface area (Å²) in [5.41, 5.74) is 18.8. The number of amides is 1. The van der Waals surface area contributed by atoms with E-state index >= 15 is 0 Å². The Morgan fingerprint density at radius 2 is 1.97 bits per heavy atom. The Morgan fingerprint density at radius 3 is 2.62 bits per heavy atom. The molecule has 1 amide bonds. The number of carbonyl (C=O) groups excluding carboxylic acids is 1. The predicted molar refractivity (Wildman–Crippen MR) is 137 cm³/mol. The molecule has 0 saturated heterocycles. The van der Waals surface area contributed by atoms with Gasteiger partial charge in [-0.05, 0) is 60.8 Å². The highest BCUT2D eigenvalue weighted by atomic mass is 32.1. The van der Waals surface area contributed by atoms with Crippen LogP contribution >= 0.6 is 34.9 Å². The third kappa shape index (κ3) is 3.52. The van der Waals surface area contributed by atoms with Gasteiger partial charge in [-0.3, -0.25) is 4.79 Å². The van der Waals surface area contributed by atoms with Gasteiger partial charge in [-0.2, -0.15) is 0 Å². The molecule has 162 valence electrons. The van der Waals surface area contributed by atoms with Crippen molar-refractivity contribution >= 4 is 67.5 Å². The fourth-order valence-electron chi connectivity index (χ4n) is 4.23. The second-order valence-electron chi connectivity index (χ2n) is 7.94. The molecule has 0 unspecified atom stereocenters. The molecule has 1 aliphatic rings. The summed E-state index contributed by atoms with van der Waals surface area (Å²) >= 11 is 8.64. The third-order valence-corrected chi connectivity index (χ3v) is 7.87. The largest absolute Gasteiger partial charge is 0.397 e. The Morgan fingerprint density at radius 1 is 1.22 bits per heavy atom. The van der Waals surface area contributed by atoms with Crippen molar-refractivity contribution in [3.05, 3.63) is 63.0 Å². The van der Waals surface area contributed by atoms with Crippen molar-refractivity contribution in [3.63, 3.8) is 0 Å². The average Bonchev–Trinajstić information content (AvgIpc) is 3.44. The van der Waals surface area contributed by atoms with Gasteiger partial charge in [-0.15, -0.1) is 22.7 Å². The van der Waals surface area contributed by atoms with Crippen LogP contribution in [-0.2, 0) is 13.1 Å². The number of fused-ring (bicyclic) bond motifs is 2. The van der Waals surface area contributed by atoms with Gasteiger partial charge >= 0.3 is 0 Å². The molecule has 3 aromatic heterocycles. The van der Waals surface area contributed by atoms with E-state index in [0.717, 1.165) is 37.6 Å². The molecule has 0 saturated carbocycles. The number of hydrogen-bond acceptors (Lipinski definition) is 6. The van der Waals surface area contributed by atoms with Gasteiger partial charge in [0.25, 0.3) is 5.91 Å². The predicted octanol–water partition coefficient (Wildman–Crippen LogP) is 5.04. The number of carbonyl (C=O) groups is 1. The van der Waals surface area contributed by atoms with Crippen molar-refractivity contribution < 1.29 is 4.79 Å². The van der Waals surface area contributed by atoms with Crippen molar-refractivity contribution in [2.24, 2.45) is 5.73 Å². The van der Waals surface area contributed by atoms with E-state index in [9.17, 15) is 4.79 Å². The molecule has 4 heterocycles. The third-order valence-electron chi connectivity index (χ3n) is 5.50. The number of nitrogens with one attached hydrogen (secondary N) is 1. The van der Waals surface area contributed by atoms with Crippen LogP contribution in [0.3, 0.4) is 0 Å². The SMILES string of the molecule is Cc1cc(C)cc(NC(=S)N2Cc3nc4sc(C(N)=O)c(N)c4c(-c4cccs4)c3C2)c1. The minimum absolute atomic E-state index is 0.359. The second kappa shape index (κ2) is 7.84. The van der Waals surface area contributed by atoms with Crippen molar-refractivity contribution in [1.29, 1.82) is 0 Å². The van der Waals surface area contributed by atoms with E-state index < -0.39 is 5.91 Å². The van der Waals surface area contributed by atoms with Crippen molar-refractivity contribution in [2.75, 3.05) is 11.1 Å². The van der Waals surface area contributed by atoms with E-state index in [1.54, 1.807) is 11.3 Å². The smallest absolute Gasteiger partial charge is 0.260 e. The number of nitrogens with zero attached hydrogens (tertiary/aromatic N) is 2. The maximum absolute atomic E-state index is 11.9. The Labute approximate surface area is 198 Å². The summed E-state index contributed by atoms with van der Waals surface area (Å²) in [6, 6.07) is 10.4. The minimum Gasteiger partial charge on any atom is -0.397 e. The number of primary amides is 1. The summed E-state index contributed by atoms with van der Waals surface area (Å²) in [5, 5.41) is 6.86. The number of rotatable bonds is 3. The fourth-order valence-corrected chi connectivity index (χ4v) is 6.26. The Balaban J connectivity index is 1.55. The van der Waals surface area contributed by atoms with Crippen LogP contribution < -0.4 is 16.8 Å². The Bertz CT molecular complexity index is 1370. The fraction of sp³-hybridized carbons (Fsp3) is 0.174. The first-order valence-electron chi connectivity index (χ1n) is 10.0. The summed E-state index contributed by atoms with van der Waals surface area (Å²) in [6.45, 7) is 5.34. The summed E-state index contributed by atoms with van der Waals surface area (Å²) in [4.78, 5) is 21.0. The standard InChI is InChI=1S/C23H21N5OS3/c1-11-6-12(2)8-13(7-11)26-23(30)28-9-14-15(10-28)27-22-18(17(14)16-4-3-5-31-16)19(24)20(32-22)21(25)29/h3-8H,9-10,24H2,1-2H3,(H2,25,29)(H,26,30). The number of nitrogens with two attached hydrogens (primary N) is 2. The van der Waals surface area contributed by atoms with Gasteiger partial charge in [0.15, 0.2) is 5.11 Å². The van der Waals surface area contributed by atoms with Crippen molar-refractivity contribution in [2.45, 2.75) is 26.9 Å².